The van der Waals surface area contributed by atoms with Gasteiger partial charge in [-0.1, -0.05) is 17.4 Å². The van der Waals surface area contributed by atoms with Crippen LogP contribution in [0.1, 0.15) is 29.1 Å². The zero-order chi connectivity index (χ0) is 27.2. The molecular formula is C24H28F3N9OS. The third-order valence-electron chi connectivity index (χ3n) is 6.54. The Balaban J connectivity index is 1.41. The number of carbonyl (C=O) groups is 1. The summed E-state index contributed by atoms with van der Waals surface area (Å²) < 4.78 is 42.7. The molecule has 1 atom stereocenters. The fourth-order valence-corrected chi connectivity index (χ4v) is 5.70. The van der Waals surface area contributed by atoms with Gasteiger partial charge in [-0.25, -0.2) is 19.6 Å². The molecular weight excluding hydrogens is 519 g/mol. The van der Waals surface area contributed by atoms with Crippen molar-refractivity contribution >= 4 is 33.3 Å². The van der Waals surface area contributed by atoms with Crippen LogP contribution < -0.4 is 10.6 Å². The van der Waals surface area contributed by atoms with Crippen LogP contribution in [0.15, 0.2) is 18.2 Å². The Kier molecular flexibility index (Phi) is 6.86. The van der Waals surface area contributed by atoms with Crippen LogP contribution in [0.2, 0.25) is 0 Å². The minimum Gasteiger partial charge on any atom is -0.358 e. The predicted molar refractivity (Wildman–Crippen MR) is 138 cm³/mol. The summed E-state index contributed by atoms with van der Waals surface area (Å²) in [6, 6.07) is 5.41. The second kappa shape index (κ2) is 9.98. The number of imidazole rings is 1. The highest BCUT2D eigenvalue weighted by Gasteiger charge is 2.39. The van der Waals surface area contributed by atoms with Gasteiger partial charge in [0.1, 0.15) is 28.9 Å². The Morgan fingerprint density at radius 2 is 2.00 bits per heavy atom. The quantitative estimate of drug-likeness (QED) is 0.380. The summed E-state index contributed by atoms with van der Waals surface area (Å²) in [5.41, 5.74) is 8.15. The van der Waals surface area contributed by atoms with Crippen LogP contribution in [-0.2, 0) is 23.9 Å². The number of carbonyl (C=O) groups excluding carboxylic acids is 1. The van der Waals surface area contributed by atoms with Crippen LogP contribution in [0.3, 0.4) is 0 Å². The van der Waals surface area contributed by atoms with Gasteiger partial charge in [0.15, 0.2) is 5.82 Å². The standard InChI is InChI=1S/C24H28F3N9OS/c1-13-11-34(8-9-35(13)19(37)12-36-15(3)29-14(2)33-36)22-20(32-23(38-22)24(25,26)27)21-30-17-5-4-16(6-7-28)10-18(17)31-21/h4-5,10,13H,6-9,11-12,28H2,1-3H3,(H,30,31). The number of anilines is 1. The second-order valence-electron chi connectivity index (χ2n) is 9.39. The third kappa shape index (κ3) is 5.10. The van der Waals surface area contributed by atoms with Crippen molar-refractivity contribution in [3.8, 4) is 11.5 Å². The van der Waals surface area contributed by atoms with E-state index >= 15 is 0 Å². The van der Waals surface area contributed by atoms with Gasteiger partial charge in [-0.15, -0.1) is 0 Å². The summed E-state index contributed by atoms with van der Waals surface area (Å²) in [6.07, 6.45) is -3.91. The summed E-state index contributed by atoms with van der Waals surface area (Å²) in [5, 5.41) is 3.70. The Hall–Kier alpha value is -3.52. The van der Waals surface area contributed by atoms with Crippen LogP contribution in [0.25, 0.3) is 22.6 Å². The van der Waals surface area contributed by atoms with E-state index in [0.29, 0.717) is 71.6 Å². The second-order valence-corrected chi connectivity index (χ2v) is 10.4. The fourth-order valence-electron chi connectivity index (χ4n) is 4.73. The summed E-state index contributed by atoms with van der Waals surface area (Å²) in [7, 11) is 0. The van der Waals surface area contributed by atoms with Gasteiger partial charge in [0, 0.05) is 25.7 Å². The van der Waals surface area contributed by atoms with Crippen molar-refractivity contribution in [2.45, 2.75) is 46.0 Å². The molecule has 5 rings (SSSR count). The number of nitrogens with two attached hydrogens (primary N) is 1. The molecule has 3 N–H and O–H groups in total. The number of thiazole rings is 1. The summed E-state index contributed by atoms with van der Waals surface area (Å²) in [6.45, 7) is 7.05. The molecule has 1 aliphatic rings. The molecule has 14 heteroatoms. The molecule has 0 bridgehead atoms. The number of H-pyrrole nitrogens is 1. The lowest BCUT2D eigenvalue weighted by atomic mass is 10.1. The van der Waals surface area contributed by atoms with Gasteiger partial charge in [-0.05, 0) is 51.4 Å². The van der Waals surface area contributed by atoms with Gasteiger partial charge in [-0.2, -0.15) is 18.3 Å². The molecule has 1 amide bonds. The van der Waals surface area contributed by atoms with E-state index in [1.165, 1.54) is 0 Å². The van der Waals surface area contributed by atoms with E-state index in [1.807, 2.05) is 30.0 Å². The first-order chi connectivity index (χ1) is 18.0. The first-order valence-corrected chi connectivity index (χ1v) is 13.0. The maximum Gasteiger partial charge on any atom is 0.443 e. The molecule has 0 spiro atoms. The highest BCUT2D eigenvalue weighted by molar-refractivity contribution is 7.16. The predicted octanol–water partition coefficient (Wildman–Crippen LogP) is 3.15. The van der Waals surface area contributed by atoms with Crippen molar-refractivity contribution in [2.24, 2.45) is 5.73 Å². The van der Waals surface area contributed by atoms with Crippen LogP contribution in [-0.4, -0.2) is 72.7 Å². The number of nitrogens with zero attached hydrogens (tertiary/aromatic N) is 7. The van der Waals surface area contributed by atoms with E-state index < -0.39 is 11.2 Å². The zero-order valence-corrected chi connectivity index (χ0v) is 22.0. The monoisotopic (exact) mass is 547 g/mol. The molecule has 1 aromatic carbocycles. The highest BCUT2D eigenvalue weighted by Crippen LogP contribution is 2.42. The van der Waals surface area contributed by atoms with Gasteiger partial charge in [0.05, 0.1) is 11.0 Å². The lowest BCUT2D eigenvalue weighted by molar-refractivity contribution is -0.137. The summed E-state index contributed by atoms with van der Waals surface area (Å²) >= 11 is 0.595. The van der Waals surface area contributed by atoms with E-state index in [1.54, 1.807) is 23.4 Å². The van der Waals surface area contributed by atoms with Crippen molar-refractivity contribution in [1.29, 1.82) is 0 Å². The maximum absolute atomic E-state index is 13.7. The molecule has 1 aliphatic heterocycles. The minimum atomic E-state index is -4.59. The van der Waals surface area contributed by atoms with Gasteiger partial charge in [0.2, 0.25) is 10.9 Å². The molecule has 0 radical (unpaired) electrons. The molecule has 10 nitrogen and oxygen atoms in total. The first-order valence-electron chi connectivity index (χ1n) is 12.2. The van der Waals surface area contributed by atoms with Crippen molar-refractivity contribution in [1.82, 2.24) is 34.6 Å². The van der Waals surface area contributed by atoms with Crippen LogP contribution >= 0.6 is 11.3 Å². The molecule has 1 saturated heterocycles. The van der Waals surface area contributed by atoms with E-state index in [2.05, 4.69) is 25.0 Å². The van der Waals surface area contributed by atoms with Crippen LogP contribution in [0.4, 0.5) is 18.2 Å². The third-order valence-corrected chi connectivity index (χ3v) is 7.70. The van der Waals surface area contributed by atoms with Gasteiger partial charge >= 0.3 is 6.18 Å². The number of fused-ring (bicyclic) bond motifs is 1. The zero-order valence-electron chi connectivity index (χ0n) is 21.2. The molecule has 0 saturated carbocycles. The number of hydrogen-bond acceptors (Lipinski definition) is 8. The molecule has 0 aliphatic carbocycles. The SMILES string of the molecule is Cc1nc(C)n(CC(=O)N2CCN(c3sc(C(F)(F)F)nc3-c3nc4cc(CCN)ccc4[nH]3)CC2C)n1. The average Bonchev–Trinajstić information content (AvgIpc) is 3.55. The molecule has 3 aromatic heterocycles. The Bertz CT molecular complexity index is 1470. The number of benzene rings is 1. The van der Waals surface area contributed by atoms with Gasteiger partial charge in [-0.3, -0.25) is 4.79 Å². The van der Waals surface area contributed by atoms with Gasteiger partial charge < -0.3 is 20.5 Å². The molecule has 1 unspecified atom stereocenters. The number of piperazine rings is 1. The number of aromatic nitrogens is 6. The highest BCUT2D eigenvalue weighted by atomic mass is 32.1. The normalized spacial score (nSPS) is 16.6. The van der Waals surface area contributed by atoms with Crippen molar-refractivity contribution in [3.63, 3.8) is 0 Å². The smallest absolute Gasteiger partial charge is 0.358 e. The van der Waals surface area contributed by atoms with Gasteiger partial charge in [0.25, 0.3) is 0 Å². The van der Waals surface area contributed by atoms with E-state index in [0.717, 1.165) is 5.56 Å². The molecule has 1 fully saturated rings. The van der Waals surface area contributed by atoms with Crippen molar-refractivity contribution in [3.05, 3.63) is 40.4 Å². The summed E-state index contributed by atoms with van der Waals surface area (Å²) in [5.74, 6) is 1.40. The number of aromatic amines is 1. The van der Waals surface area contributed by atoms with Crippen molar-refractivity contribution in [2.75, 3.05) is 31.1 Å². The number of amides is 1. The number of aryl methyl sites for hydroxylation is 2. The fraction of sp³-hybridized carbons (Fsp3) is 0.458. The Morgan fingerprint density at radius 1 is 1.21 bits per heavy atom. The maximum atomic E-state index is 13.7. The van der Waals surface area contributed by atoms with E-state index in [-0.39, 0.29) is 30.0 Å². The van der Waals surface area contributed by atoms with E-state index in [9.17, 15) is 18.0 Å². The van der Waals surface area contributed by atoms with Crippen LogP contribution in [0.5, 0.6) is 0 Å². The largest absolute Gasteiger partial charge is 0.443 e. The minimum absolute atomic E-state index is 0.0617. The number of rotatable bonds is 6. The topological polar surface area (TPSA) is 122 Å². The average molecular weight is 548 g/mol. The Labute approximate surface area is 220 Å². The van der Waals surface area contributed by atoms with E-state index in [4.69, 9.17) is 5.73 Å². The van der Waals surface area contributed by atoms with Crippen molar-refractivity contribution < 1.29 is 18.0 Å². The number of halogens is 3. The molecule has 4 heterocycles. The van der Waals surface area contributed by atoms with Crippen LogP contribution in [0, 0.1) is 13.8 Å². The lowest BCUT2D eigenvalue weighted by Gasteiger charge is -2.40. The summed E-state index contributed by atoms with van der Waals surface area (Å²) in [4.78, 5) is 32.5. The first kappa shape index (κ1) is 26.1. The number of alkyl halides is 3. The lowest BCUT2D eigenvalue weighted by Crippen LogP contribution is -2.54. The molecule has 202 valence electrons. The number of nitrogens with one attached hydrogen (secondary N) is 1. The molecule has 38 heavy (non-hydrogen) atoms. The number of hydrogen-bond donors (Lipinski definition) is 2. The molecule has 4 aromatic rings. The Morgan fingerprint density at radius 3 is 2.66 bits per heavy atom.